The molecule has 0 saturated carbocycles. The van der Waals surface area contributed by atoms with Gasteiger partial charge in [0.05, 0.1) is 24.6 Å². The van der Waals surface area contributed by atoms with Crippen molar-refractivity contribution in [2.24, 2.45) is 5.10 Å². The minimum atomic E-state index is -0.387. The molecule has 0 aliphatic heterocycles. The van der Waals surface area contributed by atoms with Crippen LogP contribution < -0.4 is 5.43 Å². The number of carbonyl (C=O) groups excluding carboxylic acids is 2. The first-order valence-electron chi connectivity index (χ1n) is 7.72. The number of benzene rings is 2. The van der Waals surface area contributed by atoms with E-state index in [9.17, 15) is 9.59 Å². The van der Waals surface area contributed by atoms with E-state index < -0.39 is 0 Å². The number of nitrogens with one attached hydrogen (secondary N) is 1. The quantitative estimate of drug-likeness (QED) is 0.470. The lowest BCUT2D eigenvalue weighted by molar-refractivity contribution is -0.118. The molecule has 0 atom stereocenters. The molecule has 0 fully saturated rings. The first-order valence-corrected chi connectivity index (χ1v) is 8.88. The molecule has 0 heterocycles. The van der Waals surface area contributed by atoms with Gasteiger partial charge in [-0.2, -0.15) is 5.10 Å². The first-order chi connectivity index (χ1) is 12.1. The molecule has 2 aromatic carbocycles. The van der Waals surface area contributed by atoms with E-state index in [2.05, 4.69) is 34.3 Å². The summed E-state index contributed by atoms with van der Waals surface area (Å²) >= 11 is 1.55. The van der Waals surface area contributed by atoms with Gasteiger partial charge < -0.3 is 4.74 Å². The zero-order valence-electron chi connectivity index (χ0n) is 14.2. The molecule has 2 rings (SSSR count). The maximum atomic E-state index is 11.8. The van der Waals surface area contributed by atoms with E-state index in [1.165, 1.54) is 24.5 Å². The number of rotatable bonds is 7. The summed E-state index contributed by atoms with van der Waals surface area (Å²) in [6, 6.07) is 14.9. The molecule has 0 radical (unpaired) electrons. The molecule has 0 saturated heterocycles. The number of hydrogen-bond acceptors (Lipinski definition) is 5. The molecule has 25 heavy (non-hydrogen) atoms. The third kappa shape index (κ3) is 6.08. The van der Waals surface area contributed by atoms with Crippen LogP contribution in [0.1, 0.15) is 27.0 Å². The Bertz CT molecular complexity index is 758. The van der Waals surface area contributed by atoms with Gasteiger partial charge in [0, 0.05) is 5.75 Å². The fourth-order valence-electron chi connectivity index (χ4n) is 2.06. The maximum Gasteiger partial charge on any atom is 0.337 e. The molecular formula is C19H20N2O3S. The van der Waals surface area contributed by atoms with Crippen LogP contribution in [0.2, 0.25) is 0 Å². The summed E-state index contributed by atoms with van der Waals surface area (Å²) in [6.45, 7) is 2.06. The Balaban J connectivity index is 1.75. The third-order valence-electron chi connectivity index (χ3n) is 3.49. The van der Waals surface area contributed by atoms with Gasteiger partial charge in [-0.3, -0.25) is 4.79 Å². The molecule has 0 spiro atoms. The van der Waals surface area contributed by atoms with Gasteiger partial charge in [0.25, 0.3) is 0 Å². The average molecular weight is 356 g/mol. The van der Waals surface area contributed by atoms with Crippen molar-refractivity contribution in [3.8, 4) is 0 Å². The first kappa shape index (κ1) is 18.7. The van der Waals surface area contributed by atoms with Gasteiger partial charge in [-0.25, -0.2) is 10.2 Å². The second-order valence-electron chi connectivity index (χ2n) is 5.33. The van der Waals surface area contributed by atoms with E-state index in [-0.39, 0.29) is 11.9 Å². The van der Waals surface area contributed by atoms with Crippen molar-refractivity contribution in [2.75, 3.05) is 12.9 Å². The molecule has 2 aromatic rings. The summed E-state index contributed by atoms with van der Waals surface area (Å²) in [5.74, 6) is 0.592. The number of methoxy groups -OCH3 is 1. The fourth-order valence-corrected chi connectivity index (χ4v) is 2.96. The standard InChI is InChI=1S/C19H20N2O3S/c1-14-5-3-4-6-17(14)12-25-13-18(22)21-20-11-15-7-9-16(10-8-15)19(23)24-2/h3-11H,12-13H2,1-2H3,(H,21,22)/b20-11+. The van der Waals surface area contributed by atoms with Gasteiger partial charge in [-0.15, -0.1) is 11.8 Å². The highest BCUT2D eigenvalue weighted by Gasteiger charge is 2.04. The Labute approximate surface area is 151 Å². The summed E-state index contributed by atoms with van der Waals surface area (Å²) in [7, 11) is 1.34. The van der Waals surface area contributed by atoms with Gasteiger partial charge in [0.1, 0.15) is 0 Å². The predicted octanol–water partition coefficient (Wildman–Crippen LogP) is 3.17. The second-order valence-corrected chi connectivity index (χ2v) is 6.31. The van der Waals surface area contributed by atoms with Crippen LogP contribution in [0.3, 0.4) is 0 Å². The van der Waals surface area contributed by atoms with Crippen molar-refractivity contribution in [1.29, 1.82) is 0 Å². The lowest BCUT2D eigenvalue weighted by atomic mass is 10.1. The van der Waals surface area contributed by atoms with E-state index in [0.717, 1.165) is 11.3 Å². The number of carbonyl (C=O) groups is 2. The topological polar surface area (TPSA) is 67.8 Å². The van der Waals surface area contributed by atoms with Gasteiger partial charge in [-0.05, 0) is 35.7 Å². The van der Waals surface area contributed by atoms with E-state index in [1.54, 1.807) is 36.0 Å². The SMILES string of the molecule is COC(=O)c1ccc(/C=N/NC(=O)CSCc2ccccc2C)cc1. The van der Waals surface area contributed by atoms with Crippen molar-refractivity contribution in [1.82, 2.24) is 5.43 Å². The minimum absolute atomic E-state index is 0.152. The second kappa shape index (κ2) is 9.64. The number of hydrogen-bond donors (Lipinski definition) is 1. The zero-order chi connectivity index (χ0) is 18.1. The van der Waals surface area contributed by atoms with Crippen molar-refractivity contribution in [3.63, 3.8) is 0 Å². The Morgan fingerprint density at radius 3 is 2.56 bits per heavy atom. The summed E-state index contributed by atoms with van der Waals surface area (Å²) in [4.78, 5) is 23.1. The number of ether oxygens (including phenoxy) is 1. The zero-order valence-corrected chi connectivity index (χ0v) is 15.0. The molecule has 6 heteroatoms. The normalized spacial score (nSPS) is 10.6. The number of nitrogens with zero attached hydrogens (tertiary/aromatic N) is 1. The lowest BCUT2D eigenvalue weighted by Gasteiger charge is -2.04. The summed E-state index contributed by atoms with van der Waals surface area (Å²) in [6.07, 6.45) is 1.53. The highest BCUT2D eigenvalue weighted by atomic mass is 32.2. The third-order valence-corrected chi connectivity index (χ3v) is 4.47. The fraction of sp³-hybridized carbons (Fsp3) is 0.211. The molecule has 5 nitrogen and oxygen atoms in total. The smallest absolute Gasteiger partial charge is 0.337 e. The number of aryl methyl sites for hydroxylation is 1. The van der Waals surface area contributed by atoms with Crippen LogP contribution in [0.5, 0.6) is 0 Å². The molecule has 0 aliphatic rings. The van der Waals surface area contributed by atoms with E-state index >= 15 is 0 Å². The van der Waals surface area contributed by atoms with Gasteiger partial charge in [0.2, 0.25) is 5.91 Å². The minimum Gasteiger partial charge on any atom is -0.465 e. The van der Waals surface area contributed by atoms with Crippen molar-refractivity contribution in [3.05, 3.63) is 70.8 Å². The van der Waals surface area contributed by atoms with Crippen LogP contribution in [0.4, 0.5) is 0 Å². The molecule has 1 N–H and O–H groups in total. The van der Waals surface area contributed by atoms with E-state index in [1.807, 2.05) is 12.1 Å². The number of esters is 1. The van der Waals surface area contributed by atoms with Crippen LogP contribution >= 0.6 is 11.8 Å². The molecule has 0 aromatic heterocycles. The van der Waals surface area contributed by atoms with Crippen LogP contribution in [-0.2, 0) is 15.3 Å². The van der Waals surface area contributed by atoms with Crippen molar-refractivity contribution < 1.29 is 14.3 Å². The van der Waals surface area contributed by atoms with Gasteiger partial charge in [0.15, 0.2) is 0 Å². The highest BCUT2D eigenvalue weighted by Crippen LogP contribution is 2.15. The predicted molar refractivity (Wildman–Crippen MR) is 101 cm³/mol. The molecule has 1 amide bonds. The Morgan fingerprint density at radius 2 is 1.88 bits per heavy atom. The molecule has 0 bridgehead atoms. The molecule has 0 aliphatic carbocycles. The van der Waals surface area contributed by atoms with Crippen LogP contribution in [0.15, 0.2) is 53.6 Å². The molecule has 0 unspecified atom stereocenters. The largest absolute Gasteiger partial charge is 0.465 e. The summed E-state index contributed by atoms with van der Waals surface area (Å²) < 4.78 is 4.63. The van der Waals surface area contributed by atoms with Crippen LogP contribution in [-0.4, -0.2) is 31.0 Å². The van der Waals surface area contributed by atoms with Crippen LogP contribution in [0, 0.1) is 6.92 Å². The summed E-state index contributed by atoms with van der Waals surface area (Å²) in [5, 5.41) is 3.93. The highest BCUT2D eigenvalue weighted by molar-refractivity contribution is 7.99. The van der Waals surface area contributed by atoms with Crippen LogP contribution in [0.25, 0.3) is 0 Å². The Hall–Kier alpha value is -2.60. The lowest BCUT2D eigenvalue weighted by Crippen LogP contribution is -2.19. The van der Waals surface area contributed by atoms with Gasteiger partial charge >= 0.3 is 5.97 Å². The number of amides is 1. The van der Waals surface area contributed by atoms with E-state index in [4.69, 9.17) is 0 Å². The Morgan fingerprint density at radius 1 is 1.16 bits per heavy atom. The number of thioether (sulfide) groups is 1. The Kier molecular flexibility index (Phi) is 7.22. The van der Waals surface area contributed by atoms with Gasteiger partial charge in [-0.1, -0.05) is 36.4 Å². The number of hydrazone groups is 1. The molecular weight excluding hydrogens is 336 g/mol. The molecule has 130 valence electrons. The van der Waals surface area contributed by atoms with E-state index in [0.29, 0.717) is 11.3 Å². The average Bonchev–Trinajstić information content (AvgIpc) is 2.63. The summed E-state index contributed by atoms with van der Waals surface area (Å²) in [5.41, 5.74) is 6.20. The van der Waals surface area contributed by atoms with Crippen molar-refractivity contribution in [2.45, 2.75) is 12.7 Å². The maximum absolute atomic E-state index is 11.8. The monoisotopic (exact) mass is 356 g/mol. The van der Waals surface area contributed by atoms with Crippen molar-refractivity contribution >= 4 is 29.9 Å².